The molecule has 0 radical (unpaired) electrons. The van der Waals surface area contributed by atoms with E-state index in [9.17, 15) is 9.90 Å². The molecule has 3 aromatic rings. The third-order valence-electron chi connectivity index (χ3n) is 4.60. The van der Waals surface area contributed by atoms with E-state index in [1.54, 1.807) is 0 Å². The van der Waals surface area contributed by atoms with E-state index in [0.717, 1.165) is 32.7 Å². The third kappa shape index (κ3) is 1.36. The zero-order valence-electron chi connectivity index (χ0n) is 11.7. The highest BCUT2D eigenvalue weighted by molar-refractivity contribution is 7.21. The number of carbonyl (C=O) groups excluding carboxylic acids is 1. The van der Waals surface area contributed by atoms with Crippen molar-refractivity contribution >= 4 is 44.1 Å². The van der Waals surface area contributed by atoms with Gasteiger partial charge in [0.2, 0.25) is 5.88 Å². The van der Waals surface area contributed by atoms with Gasteiger partial charge in [0.25, 0.3) is 5.91 Å². The van der Waals surface area contributed by atoms with Crippen LogP contribution in [0, 0.1) is 0 Å². The van der Waals surface area contributed by atoms with E-state index in [0.29, 0.717) is 5.52 Å². The van der Waals surface area contributed by atoms with E-state index in [1.165, 1.54) is 17.5 Å². The molecule has 3 aliphatic heterocycles. The van der Waals surface area contributed by atoms with E-state index < -0.39 is 0 Å². The predicted octanol–water partition coefficient (Wildman–Crippen LogP) is 2.19. The smallest absolute Gasteiger partial charge is 0.266 e. The molecule has 2 bridgehead atoms. The molecule has 2 atom stereocenters. The molecule has 0 saturated carbocycles. The minimum Gasteiger partial charge on any atom is -0.492 e. The van der Waals surface area contributed by atoms with Gasteiger partial charge in [0, 0.05) is 16.6 Å². The van der Waals surface area contributed by atoms with Gasteiger partial charge in [0.15, 0.2) is 0 Å². The Hall–Kier alpha value is -2.41. The van der Waals surface area contributed by atoms with Gasteiger partial charge < -0.3 is 15.3 Å². The zero-order valence-corrected chi connectivity index (χ0v) is 12.5. The minimum atomic E-state index is -0.0980. The lowest BCUT2D eigenvalue weighted by Crippen LogP contribution is -2.61. The van der Waals surface area contributed by atoms with E-state index in [-0.39, 0.29) is 23.9 Å². The van der Waals surface area contributed by atoms with Crippen LogP contribution in [0.15, 0.2) is 18.3 Å². The monoisotopic (exact) mass is 312 g/mol. The summed E-state index contributed by atoms with van der Waals surface area (Å²) in [6.45, 7) is 2.81. The maximum absolute atomic E-state index is 12.7. The summed E-state index contributed by atoms with van der Waals surface area (Å²) in [5.41, 5.74) is 2.22. The van der Waals surface area contributed by atoms with Gasteiger partial charge in [-0.2, -0.15) is 0 Å². The Labute approximate surface area is 129 Å². The second kappa shape index (κ2) is 3.86. The van der Waals surface area contributed by atoms with Gasteiger partial charge in [-0.1, -0.05) is 0 Å². The molecular weight excluding hydrogens is 300 g/mol. The predicted molar refractivity (Wildman–Crippen MR) is 84.5 cm³/mol. The fourth-order valence-corrected chi connectivity index (χ4v) is 4.43. The highest BCUT2D eigenvalue weighted by atomic mass is 32.1. The first-order chi connectivity index (χ1) is 10.6. The first kappa shape index (κ1) is 12.2. The Morgan fingerprint density at radius 1 is 1.45 bits per heavy atom. The van der Waals surface area contributed by atoms with Gasteiger partial charge in [-0.3, -0.25) is 4.79 Å². The largest absolute Gasteiger partial charge is 0.492 e. The van der Waals surface area contributed by atoms with Crippen molar-refractivity contribution in [2.24, 2.45) is 0 Å². The normalized spacial score (nSPS) is 23.1. The number of hydrogen-bond donors (Lipinski definition) is 2. The number of nitrogens with zero attached hydrogens (tertiary/aromatic N) is 3. The fraction of sp³-hybridized carbons (Fsp3) is 0.267. The van der Waals surface area contributed by atoms with Crippen LogP contribution >= 0.6 is 11.3 Å². The van der Waals surface area contributed by atoms with Crippen LogP contribution in [0.1, 0.15) is 16.6 Å². The zero-order chi connectivity index (χ0) is 15.0. The highest BCUT2D eigenvalue weighted by Gasteiger charge is 2.44. The summed E-state index contributed by atoms with van der Waals surface area (Å²) >= 11 is 1.49. The van der Waals surface area contributed by atoms with Crippen LogP contribution in [-0.2, 0) is 0 Å². The van der Waals surface area contributed by atoms with Crippen LogP contribution in [0.25, 0.3) is 21.1 Å². The number of anilines is 1. The van der Waals surface area contributed by atoms with Crippen LogP contribution in [0.2, 0.25) is 0 Å². The van der Waals surface area contributed by atoms with Crippen molar-refractivity contribution in [1.82, 2.24) is 14.9 Å². The van der Waals surface area contributed by atoms with Crippen LogP contribution in [-0.4, -0.2) is 44.5 Å². The van der Waals surface area contributed by atoms with Crippen LogP contribution in [0.5, 0.6) is 5.88 Å². The van der Waals surface area contributed by atoms with Gasteiger partial charge in [0.1, 0.15) is 4.88 Å². The topological polar surface area (TPSA) is 78.4 Å². The van der Waals surface area contributed by atoms with Crippen molar-refractivity contribution in [3.8, 4) is 5.88 Å². The number of amides is 1. The maximum Gasteiger partial charge on any atom is 0.266 e. The van der Waals surface area contributed by atoms with Gasteiger partial charge >= 0.3 is 0 Å². The fourth-order valence-electron chi connectivity index (χ4n) is 3.31. The summed E-state index contributed by atoms with van der Waals surface area (Å²) in [6.07, 6.45) is 1.34. The Kier molecular flexibility index (Phi) is 2.14. The van der Waals surface area contributed by atoms with Crippen LogP contribution in [0.3, 0.4) is 0 Å². The number of hydrogen-bond acceptors (Lipinski definition) is 6. The molecule has 6 nitrogen and oxygen atoms in total. The summed E-state index contributed by atoms with van der Waals surface area (Å²) in [5, 5.41) is 14.0. The molecule has 110 valence electrons. The molecule has 2 N–H and O–H groups in total. The second-order valence-corrected chi connectivity index (χ2v) is 6.84. The Morgan fingerprint density at radius 3 is 3.14 bits per heavy atom. The van der Waals surface area contributed by atoms with Crippen molar-refractivity contribution in [1.29, 1.82) is 0 Å². The van der Waals surface area contributed by atoms with E-state index in [4.69, 9.17) is 0 Å². The molecule has 2 aromatic heterocycles. The van der Waals surface area contributed by atoms with Crippen molar-refractivity contribution in [3.63, 3.8) is 0 Å². The SMILES string of the molecule is C[C@@H]1C2CN1C(=O)c1sc3ccc4nc(O)cnc4c3c1N2. The van der Waals surface area contributed by atoms with Crippen LogP contribution < -0.4 is 5.32 Å². The van der Waals surface area contributed by atoms with E-state index >= 15 is 0 Å². The molecule has 22 heavy (non-hydrogen) atoms. The first-order valence-corrected chi connectivity index (χ1v) is 7.94. The number of benzene rings is 1. The first-order valence-electron chi connectivity index (χ1n) is 7.12. The summed E-state index contributed by atoms with van der Waals surface area (Å²) in [6, 6.07) is 4.26. The quantitative estimate of drug-likeness (QED) is 0.665. The maximum atomic E-state index is 12.7. The molecule has 5 heterocycles. The van der Waals surface area contributed by atoms with Crippen LogP contribution in [0.4, 0.5) is 5.69 Å². The second-order valence-electron chi connectivity index (χ2n) is 5.79. The number of nitrogens with one attached hydrogen (secondary N) is 1. The number of aromatic hydroxyl groups is 1. The average Bonchev–Trinajstić information content (AvgIpc) is 2.77. The van der Waals surface area contributed by atoms with E-state index in [1.807, 2.05) is 17.0 Å². The third-order valence-corrected chi connectivity index (χ3v) is 5.75. The molecule has 1 amide bonds. The molecule has 7 heteroatoms. The number of carbonyl (C=O) groups is 1. The molecule has 1 unspecified atom stereocenters. The van der Waals surface area contributed by atoms with Crippen molar-refractivity contribution in [2.75, 3.05) is 11.9 Å². The highest BCUT2D eigenvalue weighted by Crippen LogP contribution is 2.44. The summed E-state index contributed by atoms with van der Waals surface area (Å²) in [7, 11) is 0. The minimum absolute atomic E-state index is 0.0878. The van der Waals surface area contributed by atoms with Gasteiger partial charge in [-0.05, 0) is 19.1 Å². The van der Waals surface area contributed by atoms with Crippen molar-refractivity contribution in [2.45, 2.75) is 19.0 Å². The number of rotatable bonds is 0. The van der Waals surface area contributed by atoms with E-state index in [2.05, 4.69) is 22.2 Å². The Morgan fingerprint density at radius 2 is 2.32 bits per heavy atom. The van der Waals surface area contributed by atoms with Gasteiger partial charge in [0.05, 0.1) is 35.0 Å². The summed E-state index contributed by atoms with van der Waals surface area (Å²) in [5.74, 6) is -0.0102. The average molecular weight is 312 g/mol. The van der Waals surface area contributed by atoms with Gasteiger partial charge in [-0.25, -0.2) is 9.97 Å². The molecule has 1 fully saturated rings. The molecule has 1 saturated heterocycles. The molecule has 3 aliphatic rings. The Bertz CT molecular complexity index is 967. The van der Waals surface area contributed by atoms with Gasteiger partial charge in [-0.15, -0.1) is 11.3 Å². The Balaban J connectivity index is 1.87. The molecule has 0 spiro atoms. The van der Waals surface area contributed by atoms with Crippen molar-refractivity contribution in [3.05, 3.63) is 23.2 Å². The summed E-state index contributed by atoms with van der Waals surface area (Å²) < 4.78 is 1.01. The standard InChI is InChI=1S/C15H12N4O2S/c1-6-8-5-19(6)15(21)14-13(18-8)11-9(22-14)3-2-7-12(11)16-4-10(20)17-7/h2-4,6,8,18H,5H2,1H3,(H,17,20)/t6-,8?/m1/s1. The van der Waals surface area contributed by atoms with Crippen molar-refractivity contribution < 1.29 is 9.90 Å². The summed E-state index contributed by atoms with van der Waals surface area (Å²) in [4.78, 5) is 23.8. The molecule has 1 aromatic carbocycles. The molecule has 6 rings (SSSR count). The lowest BCUT2D eigenvalue weighted by atomic mass is 9.99. The molecule has 0 aliphatic carbocycles. The lowest BCUT2D eigenvalue weighted by molar-refractivity contribution is 0.0478. The number of aromatic nitrogens is 2. The number of fused-ring (bicyclic) bond motifs is 3. The lowest BCUT2D eigenvalue weighted by Gasteiger charge is -2.44. The molecular formula is C15H12N4O2S. The number of thiophene rings is 1.